The van der Waals surface area contributed by atoms with E-state index in [0.29, 0.717) is 6.54 Å². The van der Waals surface area contributed by atoms with Crippen LogP contribution in [0.5, 0.6) is 5.75 Å². The van der Waals surface area contributed by atoms with Gasteiger partial charge in [0, 0.05) is 43.1 Å². The van der Waals surface area contributed by atoms with Crippen LogP contribution in [0.15, 0.2) is 71.6 Å². The van der Waals surface area contributed by atoms with Crippen LogP contribution in [0.1, 0.15) is 29.6 Å². The molecule has 1 heterocycles. The van der Waals surface area contributed by atoms with Crippen molar-refractivity contribution in [3.05, 3.63) is 72.3 Å². The maximum atomic E-state index is 13.0. The molecule has 4 rings (SSSR count). The number of rotatable bonds is 9. The lowest BCUT2D eigenvalue weighted by atomic mass is 10.0. The van der Waals surface area contributed by atoms with Gasteiger partial charge in [-0.05, 0) is 84.8 Å². The zero-order valence-electron chi connectivity index (χ0n) is 19.5. The number of methoxy groups -OCH3 is 1. The molecule has 1 fully saturated rings. The van der Waals surface area contributed by atoms with Crippen molar-refractivity contribution in [2.45, 2.75) is 24.2 Å². The number of nitrogens with zero attached hydrogens (tertiary/aromatic N) is 1. The van der Waals surface area contributed by atoms with Crippen molar-refractivity contribution in [2.75, 3.05) is 43.3 Å². The molecule has 1 saturated heterocycles. The zero-order valence-corrected chi connectivity index (χ0v) is 20.4. The standard InChI is InChI=1S/C27H32N4O2S/c1-33-25-12-11-21(18-26(25)34-30-24-10-6-9-23(19-24)29-14-13-28)20-7-5-8-22(17-20)27(32)31-15-3-2-4-16-31/h5-12,17-19,29-30H,2-4,13-16,28H2,1H3. The lowest BCUT2D eigenvalue weighted by Gasteiger charge is -2.26. The average Bonchev–Trinajstić information content (AvgIpc) is 2.91. The lowest BCUT2D eigenvalue weighted by molar-refractivity contribution is 0.0724. The number of nitrogens with one attached hydrogen (secondary N) is 2. The fraction of sp³-hybridized carbons (Fsp3) is 0.296. The topological polar surface area (TPSA) is 79.6 Å². The Balaban J connectivity index is 1.52. The number of amides is 1. The van der Waals surface area contributed by atoms with Gasteiger partial charge in [-0.25, -0.2) is 0 Å². The molecular weight excluding hydrogens is 444 g/mol. The van der Waals surface area contributed by atoms with Gasteiger partial charge in [0.2, 0.25) is 0 Å². The Morgan fingerprint density at radius 3 is 2.53 bits per heavy atom. The van der Waals surface area contributed by atoms with Gasteiger partial charge in [-0.15, -0.1) is 0 Å². The van der Waals surface area contributed by atoms with Gasteiger partial charge in [-0.2, -0.15) is 0 Å². The highest BCUT2D eigenvalue weighted by Gasteiger charge is 2.18. The Kier molecular flexibility index (Phi) is 8.33. The minimum absolute atomic E-state index is 0.120. The third-order valence-corrected chi connectivity index (χ3v) is 6.74. The lowest BCUT2D eigenvalue weighted by Crippen LogP contribution is -2.35. The molecule has 0 unspecified atom stereocenters. The molecule has 1 aliphatic rings. The van der Waals surface area contributed by atoms with Crippen LogP contribution >= 0.6 is 11.9 Å². The maximum absolute atomic E-state index is 13.0. The van der Waals surface area contributed by atoms with Crippen LogP contribution in [0, 0.1) is 0 Å². The molecule has 0 radical (unpaired) electrons. The van der Waals surface area contributed by atoms with Crippen molar-refractivity contribution < 1.29 is 9.53 Å². The molecule has 1 amide bonds. The summed E-state index contributed by atoms with van der Waals surface area (Å²) >= 11 is 1.50. The fourth-order valence-corrected chi connectivity index (χ4v) is 4.86. The third-order valence-electron chi connectivity index (χ3n) is 5.86. The predicted octanol–water partition coefficient (Wildman–Crippen LogP) is 5.48. The summed E-state index contributed by atoms with van der Waals surface area (Å²) < 4.78 is 9.00. The Morgan fingerprint density at radius 1 is 0.971 bits per heavy atom. The highest BCUT2D eigenvalue weighted by atomic mass is 32.2. The van der Waals surface area contributed by atoms with Gasteiger partial charge in [-0.1, -0.05) is 24.3 Å². The minimum Gasteiger partial charge on any atom is -0.496 e. The first-order chi connectivity index (χ1) is 16.7. The number of hydrogen-bond donors (Lipinski definition) is 3. The highest BCUT2D eigenvalue weighted by molar-refractivity contribution is 8.00. The summed E-state index contributed by atoms with van der Waals surface area (Å²) in [6, 6.07) is 22.1. The Morgan fingerprint density at radius 2 is 1.74 bits per heavy atom. The van der Waals surface area contributed by atoms with Crippen LogP contribution in [0.2, 0.25) is 0 Å². The summed E-state index contributed by atoms with van der Waals surface area (Å²) in [6.45, 7) is 3.01. The number of benzene rings is 3. The van der Waals surface area contributed by atoms with Gasteiger partial charge in [0.1, 0.15) is 5.75 Å². The molecule has 7 heteroatoms. The number of carbonyl (C=O) groups is 1. The van der Waals surface area contributed by atoms with Crippen LogP contribution in [0.4, 0.5) is 11.4 Å². The van der Waals surface area contributed by atoms with E-state index in [1.807, 2.05) is 59.5 Å². The molecule has 4 N–H and O–H groups in total. The molecule has 178 valence electrons. The second-order valence-electron chi connectivity index (χ2n) is 8.30. The van der Waals surface area contributed by atoms with E-state index in [-0.39, 0.29) is 5.91 Å². The van der Waals surface area contributed by atoms with E-state index in [4.69, 9.17) is 10.5 Å². The summed E-state index contributed by atoms with van der Waals surface area (Å²) in [5.74, 6) is 0.911. The van der Waals surface area contributed by atoms with Crippen LogP contribution in [0.25, 0.3) is 11.1 Å². The molecule has 0 atom stereocenters. The Bertz CT molecular complexity index is 1120. The molecule has 3 aromatic carbocycles. The molecule has 0 saturated carbocycles. The van der Waals surface area contributed by atoms with Crippen LogP contribution in [-0.4, -0.2) is 44.1 Å². The molecule has 0 aliphatic carbocycles. The van der Waals surface area contributed by atoms with E-state index >= 15 is 0 Å². The normalized spacial score (nSPS) is 13.4. The fourth-order valence-electron chi connectivity index (χ4n) is 4.07. The van der Waals surface area contributed by atoms with E-state index in [0.717, 1.165) is 71.2 Å². The van der Waals surface area contributed by atoms with Crippen molar-refractivity contribution in [2.24, 2.45) is 5.73 Å². The number of ether oxygens (including phenoxy) is 1. The first-order valence-corrected chi connectivity index (χ1v) is 12.5. The summed E-state index contributed by atoms with van der Waals surface area (Å²) in [5.41, 5.74) is 10.4. The maximum Gasteiger partial charge on any atom is 0.253 e. The van der Waals surface area contributed by atoms with Gasteiger partial charge in [0.15, 0.2) is 0 Å². The quantitative estimate of drug-likeness (QED) is 0.355. The molecule has 3 aromatic rings. The van der Waals surface area contributed by atoms with E-state index in [1.165, 1.54) is 18.4 Å². The third kappa shape index (κ3) is 6.04. The smallest absolute Gasteiger partial charge is 0.253 e. The van der Waals surface area contributed by atoms with Gasteiger partial charge >= 0.3 is 0 Å². The van der Waals surface area contributed by atoms with Crippen LogP contribution in [0.3, 0.4) is 0 Å². The first kappa shape index (κ1) is 24.0. The van der Waals surface area contributed by atoms with Crippen molar-refractivity contribution in [1.82, 2.24) is 4.90 Å². The molecule has 0 bridgehead atoms. The number of likely N-dealkylation sites (tertiary alicyclic amines) is 1. The zero-order chi connectivity index (χ0) is 23.8. The largest absolute Gasteiger partial charge is 0.496 e. The van der Waals surface area contributed by atoms with Crippen molar-refractivity contribution in [3.63, 3.8) is 0 Å². The second-order valence-corrected chi connectivity index (χ2v) is 9.15. The molecule has 34 heavy (non-hydrogen) atoms. The van der Waals surface area contributed by atoms with E-state index in [2.05, 4.69) is 22.2 Å². The summed E-state index contributed by atoms with van der Waals surface area (Å²) in [5, 5.41) is 3.29. The number of nitrogens with two attached hydrogens (primary N) is 1. The van der Waals surface area contributed by atoms with Crippen molar-refractivity contribution in [3.8, 4) is 16.9 Å². The summed E-state index contributed by atoms with van der Waals surface area (Å²) in [7, 11) is 1.67. The number of anilines is 2. The number of carbonyl (C=O) groups excluding carboxylic acids is 1. The summed E-state index contributed by atoms with van der Waals surface area (Å²) in [6.07, 6.45) is 3.38. The predicted molar refractivity (Wildman–Crippen MR) is 142 cm³/mol. The van der Waals surface area contributed by atoms with Crippen LogP contribution < -0.4 is 20.5 Å². The highest BCUT2D eigenvalue weighted by Crippen LogP contribution is 2.35. The minimum atomic E-state index is 0.120. The first-order valence-electron chi connectivity index (χ1n) is 11.7. The van der Waals surface area contributed by atoms with Gasteiger partial charge < -0.3 is 25.4 Å². The van der Waals surface area contributed by atoms with Gasteiger partial charge in [-0.3, -0.25) is 4.79 Å². The van der Waals surface area contributed by atoms with E-state index in [9.17, 15) is 4.79 Å². The molecule has 0 aromatic heterocycles. The second kappa shape index (κ2) is 11.8. The average molecular weight is 477 g/mol. The van der Waals surface area contributed by atoms with E-state index < -0.39 is 0 Å². The molecular formula is C27H32N4O2S. The van der Waals surface area contributed by atoms with Crippen molar-refractivity contribution in [1.29, 1.82) is 0 Å². The number of hydrogen-bond acceptors (Lipinski definition) is 6. The SMILES string of the molecule is COc1ccc(-c2cccc(C(=O)N3CCCCC3)c2)cc1SNc1cccc(NCCN)c1. The Hall–Kier alpha value is -3.16. The van der Waals surface area contributed by atoms with Gasteiger partial charge in [0.05, 0.1) is 12.0 Å². The van der Waals surface area contributed by atoms with E-state index in [1.54, 1.807) is 7.11 Å². The number of piperidine rings is 1. The molecule has 6 nitrogen and oxygen atoms in total. The molecule has 1 aliphatic heterocycles. The monoisotopic (exact) mass is 476 g/mol. The molecule has 0 spiro atoms. The van der Waals surface area contributed by atoms with Crippen molar-refractivity contribution >= 4 is 29.2 Å². The Labute approximate surface area is 206 Å². The van der Waals surface area contributed by atoms with Crippen LogP contribution in [-0.2, 0) is 0 Å². The summed E-state index contributed by atoms with van der Waals surface area (Å²) in [4.78, 5) is 15.9. The van der Waals surface area contributed by atoms with Gasteiger partial charge in [0.25, 0.3) is 5.91 Å².